The number of carbonyl (C=O) groups is 1. The minimum Gasteiger partial charge on any atom is -0.330 e. The van der Waals surface area contributed by atoms with Crippen molar-refractivity contribution in [1.29, 1.82) is 0 Å². The Morgan fingerprint density at radius 2 is 2.28 bits per heavy atom. The predicted molar refractivity (Wildman–Crippen MR) is 67.6 cm³/mol. The molecule has 0 bridgehead atoms. The fourth-order valence-corrected chi connectivity index (χ4v) is 2.31. The molecule has 6 nitrogen and oxygen atoms in total. The van der Waals surface area contributed by atoms with Crippen LogP contribution < -0.4 is 10.6 Å². The zero-order valence-electron chi connectivity index (χ0n) is 9.51. The lowest BCUT2D eigenvalue weighted by Gasteiger charge is -2.16. The molecule has 0 aromatic heterocycles. The molecule has 18 heavy (non-hydrogen) atoms. The largest absolute Gasteiger partial charge is 0.330 e. The molecule has 0 aliphatic carbocycles. The molecule has 0 spiro atoms. The molecule has 1 unspecified atom stereocenters. The van der Waals surface area contributed by atoms with E-state index >= 15 is 0 Å². The smallest absolute Gasteiger partial charge is 0.311 e. The summed E-state index contributed by atoms with van der Waals surface area (Å²) in [6, 6.07) is 4.55. The number of benzene rings is 1. The first-order valence-corrected chi connectivity index (χ1v) is 5.85. The molecule has 1 aromatic rings. The van der Waals surface area contributed by atoms with E-state index in [2.05, 4.69) is 0 Å². The Morgan fingerprint density at radius 1 is 1.56 bits per heavy atom. The second kappa shape index (κ2) is 4.91. The molecule has 2 N–H and O–H groups in total. The van der Waals surface area contributed by atoms with Crippen molar-refractivity contribution in [3.05, 3.63) is 33.3 Å². The first-order valence-electron chi connectivity index (χ1n) is 5.48. The van der Waals surface area contributed by atoms with Gasteiger partial charge >= 0.3 is 5.69 Å². The van der Waals surface area contributed by atoms with E-state index in [0.717, 1.165) is 0 Å². The molecule has 1 fully saturated rings. The lowest BCUT2D eigenvalue weighted by atomic mass is 10.1. The Balaban J connectivity index is 2.43. The van der Waals surface area contributed by atoms with Crippen molar-refractivity contribution in [3.8, 4) is 0 Å². The van der Waals surface area contributed by atoms with Crippen molar-refractivity contribution < 1.29 is 9.72 Å². The van der Waals surface area contributed by atoms with Gasteiger partial charge < -0.3 is 10.6 Å². The van der Waals surface area contributed by atoms with Crippen LogP contribution >= 0.6 is 11.6 Å². The van der Waals surface area contributed by atoms with Gasteiger partial charge in [-0.05, 0) is 24.6 Å². The summed E-state index contributed by atoms with van der Waals surface area (Å²) in [5.41, 5.74) is 5.54. The second-order valence-corrected chi connectivity index (χ2v) is 4.58. The maximum Gasteiger partial charge on any atom is 0.311 e. The SMILES string of the molecule is NCC1CC(=O)N(c2cccc(Cl)c2[N+](=O)[O-])C1. The van der Waals surface area contributed by atoms with Crippen LogP contribution in [0.4, 0.5) is 11.4 Å². The van der Waals surface area contributed by atoms with Gasteiger partial charge in [0.25, 0.3) is 0 Å². The molecule has 1 atom stereocenters. The maximum atomic E-state index is 11.8. The predicted octanol–water partition coefficient (Wildman–Crippen LogP) is 1.56. The highest BCUT2D eigenvalue weighted by molar-refractivity contribution is 6.33. The fraction of sp³-hybridized carbons (Fsp3) is 0.364. The molecular formula is C11H12ClN3O3. The maximum absolute atomic E-state index is 11.8. The number of nitro benzene ring substituents is 1. The first-order chi connectivity index (χ1) is 8.54. The minimum absolute atomic E-state index is 0.0292. The summed E-state index contributed by atoms with van der Waals surface area (Å²) in [7, 11) is 0. The number of rotatable bonds is 3. The first kappa shape index (κ1) is 12.8. The van der Waals surface area contributed by atoms with E-state index in [1.54, 1.807) is 6.07 Å². The van der Waals surface area contributed by atoms with Crippen LogP contribution in [0, 0.1) is 16.0 Å². The van der Waals surface area contributed by atoms with E-state index in [9.17, 15) is 14.9 Å². The summed E-state index contributed by atoms with van der Waals surface area (Å²) in [6.45, 7) is 0.785. The summed E-state index contributed by atoms with van der Waals surface area (Å²) in [5, 5.41) is 11.0. The van der Waals surface area contributed by atoms with Crippen LogP contribution in [0.3, 0.4) is 0 Å². The highest BCUT2D eigenvalue weighted by Crippen LogP contribution is 2.37. The Bertz CT molecular complexity index is 506. The average molecular weight is 270 g/mol. The van der Waals surface area contributed by atoms with E-state index in [1.807, 2.05) is 0 Å². The van der Waals surface area contributed by atoms with Gasteiger partial charge in [-0.25, -0.2) is 0 Å². The number of nitrogens with zero attached hydrogens (tertiary/aromatic N) is 2. The number of para-hydroxylation sites is 1. The van der Waals surface area contributed by atoms with Gasteiger partial charge in [-0.1, -0.05) is 17.7 Å². The Hall–Kier alpha value is -1.66. The molecule has 1 aliphatic heterocycles. The van der Waals surface area contributed by atoms with Gasteiger partial charge in [-0.2, -0.15) is 0 Å². The summed E-state index contributed by atoms with van der Waals surface area (Å²) in [6.07, 6.45) is 0.320. The highest BCUT2D eigenvalue weighted by atomic mass is 35.5. The summed E-state index contributed by atoms with van der Waals surface area (Å²) >= 11 is 5.82. The molecule has 1 heterocycles. The number of anilines is 1. The van der Waals surface area contributed by atoms with E-state index in [0.29, 0.717) is 19.5 Å². The standard InChI is InChI=1S/C11H12ClN3O3/c12-8-2-1-3-9(11(8)15(17)18)14-6-7(5-13)4-10(14)16/h1-3,7H,4-6,13H2. The van der Waals surface area contributed by atoms with Crippen LogP contribution in [0.1, 0.15) is 6.42 Å². The molecule has 1 aromatic carbocycles. The number of amides is 1. The molecule has 7 heteroatoms. The van der Waals surface area contributed by atoms with Crippen molar-refractivity contribution in [1.82, 2.24) is 0 Å². The second-order valence-electron chi connectivity index (χ2n) is 4.17. The van der Waals surface area contributed by atoms with Crippen molar-refractivity contribution in [3.63, 3.8) is 0 Å². The van der Waals surface area contributed by atoms with Crippen LogP contribution in [0.25, 0.3) is 0 Å². The molecular weight excluding hydrogens is 258 g/mol. The third kappa shape index (κ3) is 2.16. The number of nitro groups is 1. The number of hydrogen-bond acceptors (Lipinski definition) is 4. The van der Waals surface area contributed by atoms with Gasteiger partial charge in [0.15, 0.2) is 0 Å². The topological polar surface area (TPSA) is 89.5 Å². The van der Waals surface area contributed by atoms with E-state index in [4.69, 9.17) is 17.3 Å². The number of carbonyl (C=O) groups excluding carboxylic acids is 1. The molecule has 1 amide bonds. The van der Waals surface area contributed by atoms with Gasteiger partial charge in [0.2, 0.25) is 5.91 Å². The summed E-state index contributed by atoms with van der Waals surface area (Å²) in [4.78, 5) is 23.7. The van der Waals surface area contributed by atoms with Crippen molar-refractivity contribution in [2.75, 3.05) is 18.0 Å². The number of halogens is 1. The molecule has 1 aliphatic rings. The average Bonchev–Trinajstić information content (AvgIpc) is 2.69. The number of nitrogens with two attached hydrogens (primary N) is 1. The van der Waals surface area contributed by atoms with Gasteiger partial charge in [0, 0.05) is 13.0 Å². The van der Waals surface area contributed by atoms with Crippen molar-refractivity contribution >= 4 is 28.9 Å². The molecule has 1 saturated heterocycles. The van der Waals surface area contributed by atoms with Gasteiger partial charge in [-0.15, -0.1) is 0 Å². The molecule has 0 saturated carbocycles. The van der Waals surface area contributed by atoms with E-state index < -0.39 is 4.92 Å². The lowest BCUT2D eigenvalue weighted by Crippen LogP contribution is -2.26. The monoisotopic (exact) mass is 269 g/mol. The Morgan fingerprint density at radius 3 is 2.83 bits per heavy atom. The zero-order valence-corrected chi connectivity index (χ0v) is 10.3. The lowest BCUT2D eigenvalue weighted by molar-refractivity contribution is -0.383. The Labute approximate surface area is 108 Å². The highest BCUT2D eigenvalue weighted by Gasteiger charge is 2.34. The van der Waals surface area contributed by atoms with Gasteiger partial charge in [0.05, 0.1) is 4.92 Å². The summed E-state index contributed by atoms with van der Waals surface area (Å²) < 4.78 is 0. The minimum atomic E-state index is -0.569. The van der Waals surface area contributed by atoms with E-state index in [1.165, 1.54) is 17.0 Å². The molecule has 0 radical (unpaired) electrons. The van der Waals surface area contributed by atoms with Crippen molar-refractivity contribution in [2.45, 2.75) is 6.42 Å². The molecule has 96 valence electrons. The van der Waals surface area contributed by atoms with Crippen LogP contribution in [0.5, 0.6) is 0 Å². The Kier molecular flexibility index (Phi) is 3.49. The van der Waals surface area contributed by atoms with Crippen LogP contribution in [-0.2, 0) is 4.79 Å². The molecule has 2 rings (SSSR count). The van der Waals surface area contributed by atoms with Crippen molar-refractivity contribution in [2.24, 2.45) is 11.7 Å². The quantitative estimate of drug-likeness (QED) is 0.666. The third-order valence-electron chi connectivity index (χ3n) is 2.98. The van der Waals surface area contributed by atoms with Crippen LogP contribution in [0.15, 0.2) is 18.2 Å². The zero-order chi connectivity index (χ0) is 13.3. The van der Waals surface area contributed by atoms with Gasteiger partial charge in [-0.3, -0.25) is 14.9 Å². The number of hydrogen-bond donors (Lipinski definition) is 1. The van der Waals surface area contributed by atoms with Crippen LogP contribution in [-0.4, -0.2) is 23.9 Å². The summed E-state index contributed by atoms with van der Waals surface area (Å²) in [5.74, 6) is -0.119. The normalized spacial score (nSPS) is 19.3. The third-order valence-corrected chi connectivity index (χ3v) is 3.28. The van der Waals surface area contributed by atoms with Crippen LogP contribution in [0.2, 0.25) is 5.02 Å². The van der Waals surface area contributed by atoms with Gasteiger partial charge in [0.1, 0.15) is 10.7 Å². The van der Waals surface area contributed by atoms with E-state index in [-0.39, 0.29) is 28.2 Å². The fourth-order valence-electron chi connectivity index (χ4n) is 2.07.